The third-order valence-electron chi connectivity index (χ3n) is 3.18. The quantitative estimate of drug-likeness (QED) is 0.856. The first kappa shape index (κ1) is 16.2. The Balaban J connectivity index is 2.70. The zero-order chi connectivity index (χ0) is 15.6. The number of nitrogens with two attached hydrogens (primary N) is 1. The lowest BCUT2D eigenvalue weighted by atomic mass is 10.2. The van der Waals surface area contributed by atoms with Gasteiger partial charge in [0.05, 0.1) is 27.0 Å². The first-order chi connectivity index (χ1) is 9.97. The summed E-state index contributed by atoms with van der Waals surface area (Å²) in [7, 11) is 1.62. The van der Waals surface area contributed by atoms with Crippen molar-refractivity contribution in [3.8, 4) is 0 Å². The van der Waals surface area contributed by atoms with E-state index in [-0.39, 0.29) is 11.6 Å². The second kappa shape index (κ2) is 6.75. The van der Waals surface area contributed by atoms with Crippen molar-refractivity contribution in [2.75, 3.05) is 13.7 Å². The molecule has 0 amide bonds. The molecule has 0 saturated carbocycles. The third kappa shape index (κ3) is 3.21. The van der Waals surface area contributed by atoms with Crippen molar-refractivity contribution in [3.05, 3.63) is 38.4 Å². The minimum atomic E-state index is -0.389. The highest BCUT2D eigenvalue weighted by atomic mass is 35.5. The molecule has 7 heteroatoms. The van der Waals surface area contributed by atoms with E-state index in [1.54, 1.807) is 30.7 Å². The Labute approximate surface area is 132 Å². The summed E-state index contributed by atoms with van der Waals surface area (Å²) >= 11 is 12.3. The average molecular weight is 330 g/mol. The summed E-state index contributed by atoms with van der Waals surface area (Å²) < 4.78 is 6.57. The lowest BCUT2D eigenvalue weighted by Gasteiger charge is -2.16. The van der Waals surface area contributed by atoms with E-state index in [1.807, 2.05) is 0 Å². The van der Waals surface area contributed by atoms with Gasteiger partial charge < -0.3 is 10.5 Å². The van der Waals surface area contributed by atoms with Gasteiger partial charge in [-0.1, -0.05) is 23.2 Å². The Bertz CT molecular complexity index is 713. The molecule has 0 aliphatic carbocycles. The molecule has 0 unspecified atom stereocenters. The molecule has 114 valence electrons. The summed E-state index contributed by atoms with van der Waals surface area (Å²) in [6.07, 6.45) is 0.682. The van der Waals surface area contributed by atoms with Crippen LogP contribution in [0.15, 0.2) is 16.9 Å². The number of aromatic nitrogens is 2. The van der Waals surface area contributed by atoms with Gasteiger partial charge in [0.25, 0.3) is 5.56 Å². The largest absolute Gasteiger partial charge is 0.385 e. The SMILES string of the molecule is COCCCn1c([C@H](C)N)nc2c(Cl)ccc(Cl)c2c1=O. The Morgan fingerprint density at radius 3 is 2.67 bits per heavy atom. The van der Waals surface area contributed by atoms with Gasteiger partial charge in [0.15, 0.2) is 0 Å². The normalized spacial score (nSPS) is 12.8. The van der Waals surface area contributed by atoms with Crippen LogP contribution >= 0.6 is 23.2 Å². The van der Waals surface area contributed by atoms with Crippen LogP contribution in [0.1, 0.15) is 25.2 Å². The zero-order valence-corrected chi connectivity index (χ0v) is 13.4. The van der Waals surface area contributed by atoms with E-state index in [9.17, 15) is 4.79 Å². The Morgan fingerprint density at radius 1 is 1.38 bits per heavy atom. The number of benzene rings is 1. The van der Waals surface area contributed by atoms with E-state index in [0.29, 0.717) is 46.3 Å². The molecule has 2 N–H and O–H groups in total. The van der Waals surface area contributed by atoms with Gasteiger partial charge in [-0.05, 0) is 25.5 Å². The minimum Gasteiger partial charge on any atom is -0.385 e. The number of halogens is 2. The zero-order valence-electron chi connectivity index (χ0n) is 11.9. The minimum absolute atomic E-state index is 0.226. The van der Waals surface area contributed by atoms with Gasteiger partial charge in [-0.15, -0.1) is 0 Å². The molecule has 5 nitrogen and oxygen atoms in total. The van der Waals surface area contributed by atoms with Crippen LogP contribution in [0, 0.1) is 0 Å². The second-order valence-corrected chi connectivity index (χ2v) is 5.63. The second-order valence-electron chi connectivity index (χ2n) is 4.81. The number of nitrogens with zero attached hydrogens (tertiary/aromatic N) is 2. The molecule has 1 heterocycles. The van der Waals surface area contributed by atoms with Crippen LogP contribution in [0.2, 0.25) is 10.0 Å². The molecule has 21 heavy (non-hydrogen) atoms. The highest BCUT2D eigenvalue weighted by Gasteiger charge is 2.17. The number of hydrogen-bond donors (Lipinski definition) is 1. The third-order valence-corrected chi connectivity index (χ3v) is 3.80. The van der Waals surface area contributed by atoms with Crippen molar-refractivity contribution in [1.82, 2.24) is 9.55 Å². The maximum Gasteiger partial charge on any atom is 0.263 e. The molecule has 1 atom stereocenters. The Hall–Kier alpha value is -1.14. The molecule has 1 aromatic carbocycles. The summed E-state index contributed by atoms with van der Waals surface area (Å²) in [6.45, 7) is 2.79. The van der Waals surface area contributed by atoms with Gasteiger partial charge in [0, 0.05) is 20.3 Å². The lowest BCUT2D eigenvalue weighted by Crippen LogP contribution is -2.29. The van der Waals surface area contributed by atoms with Crippen molar-refractivity contribution >= 4 is 34.1 Å². The molecular formula is C14H17Cl2N3O2. The summed E-state index contributed by atoms with van der Waals surface area (Å²) in [5, 5.41) is 1.05. The Kier molecular flexibility index (Phi) is 5.22. The van der Waals surface area contributed by atoms with E-state index in [0.717, 1.165) is 0 Å². The Morgan fingerprint density at radius 2 is 2.05 bits per heavy atom. The summed E-state index contributed by atoms with van der Waals surface area (Å²) in [6, 6.07) is 2.83. The van der Waals surface area contributed by atoms with Gasteiger partial charge >= 0.3 is 0 Å². The molecule has 0 fully saturated rings. The van der Waals surface area contributed by atoms with Crippen molar-refractivity contribution in [2.24, 2.45) is 5.73 Å². The molecule has 1 aromatic heterocycles. The smallest absolute Gasteiger partial charge is 0.263 e. The van der Waals surface area contributed by atoms with E-state index >= 15 is 0 Å². The molecule has 0 aliphatic heterocycles. The molecule has 0 bridgehead atoms. The van der Waals surface area contributed by atoms with Gasteiger partial charge in [-0.3, -0.25) is 9.36 Å². The topological polar surface area (TPSA) is 70.1 Å². The molecule has 2 rings (SSSR count). The van der Waals surface area contributed by atoms with E-state index in [2.05, 4.69) is 4.98 Å². The standard InChI is InChI=1S/C14H17Cl2N3O2/c1-8(17)13-18-12-10(16)5-4-9(15)11(12)14(20)19(13)6-3-7-21-2/h4-5,8H,3,6-7,17H2,1-2H3/t8-/m0/s1. The van der Waals surface area contributed by atoms with Gasteiger partial charge in [0.2, 0.25) is 0 Å². The first-order valence-corrected chi connectivity index (χ1v) is 7.36. The van der Waals surface area contributed by atoms with Crippen LogP contribution in [-0.2, 0) is 11.3 Å². The predicted octanol–water partition coefficient (Wildman–Crippen LogP) is 2.76. The fourth-order valence-electron chi connectivity index (χ4n) is 2.20. The highest BCUT2D eigenvalue weighted by Crippen LogP contribution is 2.26. The molecule has 0 aliphatic rings. The van der Waals surface area contributed by atoms with Crippen molar-refractivity contribution < 1.29 is 4.74 Å². The van der Waals surface area contributed by atoms with Gasteiger partial charge in [-0.2, -0.15) is 0 Å². The average Bonchev–Trinajstić information content (AvgIpc) is 2.44. The van der Waals surface area contributed by atoms with Crippen LogP contribution < -0.4 is 11.3 Å². The highest BCUT2D eigenvalue weighted by molar-refractivity contribution is 6.39. The summed E-state index contributed by atoms with van der Waals surface area (Å²) in [5.74, 6) is 0.493. The fourth-order valence-corrected chi connectivity index (χ4v) is 2.63. The van der Waals surface area contributed by atoms with E-state index < -0.39 is 0 Å². The number of fused-ring (bicyclic) bond motifs is 1. The van der Waals surface area contributed by atoms with E-state index in [1.165, 1.54) is 0 Å². The lowest BCUT2D eigenvalue weighted by molar-refractivity contribution is 0.189. The van der Waals surface area contributed by atoms with Crippen molar-refractivity contribution in [2.45, 2.75) is 25.9 Å². The first-order valence-electron chi connectivity index (χ1n) is 6.60. The van der Waals surface area contributed by atoms with E-state index in [4.69, 9.17) is 33.7 Å². The van der Waals surface area contributed by atoms with Crippen LogP contribution in [0.3, 0.4) is 0 Å². The number of methoxy groups -OCH3 is 1. The molecule has 0 radical (unpaired) electrons. The van der Waals surface area contributed by atoms with Gasteiger partial charge in [-0.25, -0.2) is 4.98 Å². The number of rotatable bonds is 5. The monoisotopic (exact) mass is 329 g/mol. The van der Waals surface area contributed by atoms with Crippen LogP contribution in [0.4, 0.5) is 0 Å². The number of ether oxygens (including phenoxy) is 1. The number of hydrogen-bond acceptors (Lipinski definition) is 4. The fraction of sp³-hybridized carbons (Fsp3) is 0.429. The summed E-state index contributed by atoms with van der Waals surface area (Å²) in [5.41, 5.74) is 6.10. The van der Waals surface area contributed by atoms with Crippen LogP contribution in [-0.4, -0.2) is 23.3 Å². The molecule has 2 aromatic rings. The van der Waals surface area contributed by atoms with Crippen molar-refractivity contribution in [3.63, 3.8) is 0 Å². The molecule has 0 saturated heterocycles. The van der Waals surface area contributed by atoms with Crippen LogP contribution in [0.5, 0.6) is 0 Å². The molecule has 0 spiro atoms. The van der Waals surface area contributed by atoms with Gasteiger partial charge in [0.1, 0.15) is 5.82 Å². The van der Waals surface area contributed by atoms with Crippen LogP contribution in [0.25, 0.3) is 10.9 Å². The maximum atomic E-state index is 12.7. The maximum absolute atomic E-state index is 12.7. The molecular weight excluding hydrogens is 313 g/mol. The summed E-state index contributed by atoms with van der Waals surface area (Å²) in [4.78, 5) is 17.2. The predicted molar refractivity (Wildman–Crippen MR) is 85.1 cm³/mol. The van der Waals surface area contributed by atoms with Crippen molar-refractivity contribution in [1.29, 1.82) is 0 Å².